The fraction of sp³-hybridized carbons (Fsp3) is 0.200. The molecule has 0 saturated carbocycles. The molecule has 1 aromatic carbocycles. The smallest absolute Gasteiger partial charge is 0.251 e. The molecule has 106 valence electrons. The molecule has 1 amide bonds. The number of carbonyl (C=O) groups is 1. The molecule has 2 heterocycles. The van der Waals surface area contributed by atoms with Gasteiger partial charge in [-0.1, -0.05) is 12.1 Å². The van der Waals surface area contributed by atoms with Crippen LogP contribution >= 0.6 is 11.8 Å². The van der Waals surface area contributed by atoms with Gasteiger partial charge < -0.3 is 10.3 Å². The predicted molar refractivity (Wildman–Crippen MR) is 79.4 cm³/mol. The third kappa shape index (κ3) is 2.40. The highest BCUT2D eigenvalue weighted by atomic mass is 35.5. The van der Waals surface area contributed by atoms with Crippen LogP contribution in [0.4, 0.5) is 0 Å². The summed E-state index contributed by atoms with van der Waals surface area (Å²) in [4.78, 5) is 11.9. The minimum atomic E-state index is -0.479. The quantitative estimate of drug-likeness (QED) is 0.863. The lowest BCUT2D eigenvalue weighted by Crippen LogP contribution is -2.28. The largest absolute Gasteiger partial charge is 0.366 e. The van der Waals surface area contributed by atoms with Crippen molar-refractivity contribution in [2.45, 2.75) is 13.1 Å². The van der Waals surface area contributed by atoms with Crippen molar-refractivity contribution in [3.8, 4) is 17.2 Å². The second kappa shape index (κ2) is 5.24. The van der Waals surface area contributed by atoms with Gasteiger partial charge in [-0.2, -0.15) is 5.26 Å². The molecule has 0 fully saturated rings. The molecule has 2 N–H and O–H groups in total. The highest BCUT2D eigenvalue weighted by Gasteiger charge is 2.25. The molecule has 6 heteroatoms. The highest BCUT2D eigenvalue weighted by Crippen LogP contribution is 2.31. The van der Waals surface area contributed by atoms with Gasteiger partial charge in [-0.15, -0.1) is 0 Å². The van der Waals surface area contributed by atoms with Gasteiger partial charge in [-0.3, -0.25) is 4.79 Å². The molecule has 3 rings (SSSR count). The first-order valence-corrected chi connectivity index (χ1v) is 6.87. The molecular weight excluding hydrogens is 288 g/mol. The third-order valence-electron chi connectivity index (χ3n) is 3.64. The molecule has 0 spiro atoms. The molecule has 5 nitrogen and oxygen atoms in total. The van der Waals surface area contributed by atoms with E-state index in [-0.39, 0.29) is 0 Å². The van der Waals surface area contributed by atoms with Gasteiger partial charge in [0.15, 0.2) is 0 Å². The molecule has 0 atom stereocenters. The van der Waals surface area contributed by atoms with E-state index in [0.29, 0.717) is 30.8 Å². The Labute approximate surface area is 127 Å². The SMILES string of the molecule is N#Cc1cccc(-c2cn3c(c2C(N)=O)CN(Cl)CC3)c1. The number of hydrogen-bond donors (Lipinski definition) is 1. The number of amides is 1. The van der Waals surface area contributed by atoms with Gasteiger partial charge >= 0.3 is 0 Å². The van der Waals surface area contributed by atoms with Crippen molar-refractivity contribution in [3.63, 3.8) is 0 Å². The fourth-order valence-corrected chi connectivity index (χ4v) is 2.86. The van der Waals surface area contributed by atoms with Crippen LogP contribution < -0.4 is 5.73 Å². The fourth-order valence-electron chi connectivity index (χ4n) is 2.67. The zero-order chi connectivity index (χ0) is 15.0. The number of aromatic nitrogens is 1. The minimum Gasteiger partial charge on any atom is -0.366 e. The monoisotopic (exact) mass is 300 g/mol. The Kier molecular flexibility index (Phi) is 3.42. The summed E-state index contributed by atoms with van der Waals surface area (Å²) in [7, 11) is 0. The number of benzene rings is 1. The minimum absolute atomic E-state index is 0.470. The summed E-state index contributed by atoms with van der Waals surface area (Å²) in [6, 6.07) is 9.25. The molecule has 1 aliphatic rings. The Bertz CT molecular complexity index is 760. The first-order valence-electron chi connectivity index (χ1n) is 6.53. The average Bonchev–Trinajstić information content (AvgIpc) is 2.86. The maximum Gasteiger partial charge on any atom is 0.251 e. The third-order valence-corrected chi connectivity index (χ3v) is 3.93. The normalized spacial score (nSPS) is 14.5. The van der Waals surface area contributed by atoms with Gasteiger partial charge in [0, 0.05) is 30.5 Å². The summed E-state index contributed by atoms with van der Waals surface area (Å²) >= 11 is 6.05. The van der Waals surface area contributed by atoms with E-state index in [1.165, 1.54) is 0 Å². The lowest BCUT2D eigenvalue weighted by Gasteiger charge is -2.22. The zero-order valence-corrected chi connectivity index (χ0v) is 12.0. The zero-order valence-electron chi connectivity index (χ0n) is 11.2. The molecule has 0 radical (unpaired) electrons. The number of hydrogen-bond acceptors (Lipinski definition) is 3. The number of carbonyl (C=O) groups excluding carboxylic acids is 1. The number of rotatable bonds is 2. The van der Waals surface area contributed by atoms with Crippen molar-refractivity contribution in [2.75, 3.05) is 6.54 Å². The van der Waals surface area contributed by atoms with E-state index in [1.807, 2.05) is 16.8 Å². The lowest BCUT2D eigenvalue weighted by atomic mass is 10.0. The van der Waals surface area contributed by atoms with E-state index >= 15 is 0 Å². The van der Waals surface area contributed by atoms with Crippen LogP contribution in [0.15, 0.2) is 30.5 Å². The van der Waals surface area contributed by atoms with Gasteiger partial charge in [0.25, 0.3) is 5.91 Å². The Hall–Kier alpha value is -2.29. The molecule has 0 aliphatic carbocycles. The van der Waals surface area contributed by atoms with Gasteiger partial charge in [0.2, 0.25) is 0 Å². The number of primary amides is 1. The van der Waals surface area contributed by atoms with E-state index in [1.54, 1.807) is 22.6 Å². The summed E-state index contributed by atoms with van der Waals surface area (Å²) in [5, 5.41) is 9.01. The molecular formula is C15H13ClN4O. The van der Waals surface area contributed by atoms with Crippen LogP contribution in [-0.4, -0.2) is 21.4 Å². The molecule has 21 heavy (non-hydrogen) atoms. The van der Waals surface area contributed by atoms with Gasteiger partial charge in [0.1, 0.15) is 0 Å². The van der Waals surface area contributed by atoms with E-state index < -0.39 is 5.91 Å². The van der Waals surface area contributed by atoms with Crippen molar-refractivity contribution < 1.29 is 4.79 Å². The van der Waals surface area contributed by atoms with Crippen molar-refractivity contribution in [1.82, 2.24) is 8.99 Å². The van der Waals surface area contributed by atoms with E-state index in [0.717, 1.165) is 16.8 Å². The lowest BCUT2D eigenvalue weighted by molar-refractivity contribution is 0.0998. The standard InChI is InChI=1S/C15H13ClN4O/c16-20-5-4-19-8-12(14(15(18)21)13(19)9-20)11-3-1-2-10(6-11)7-17/h1-3,6,8H,4-5,9H2,(H2,18,21). The number of fused-ring (bicyclic) bond motifs is 1. The van der Waals surface area contributed by atoms with Crippen molar-refractivity contribution in [1.29, 1.82) is 5.26 Å². The van der Waals surface area contributed by atoms with Crippen molar-refractivity contribution in [2.24, 2.45) is 5.73 Å². The molecule has 1 aliphatic heterocycles. The molecule has 2 aromatic rings. The number of nitriles is 1. The Balaban J connectivity index is 2.19. The Morgan fingerprint density at radius 3 is 2.90 bits per heavy atom. The molecule has 0 unspecified atom stereocenters. The van der Waals surface area contributed by atoms with Crippen LogP contribution in [0.2, 0.25) is 0 Å². The molecule has 1 aromatic heterocycles. The van der Waals surface area contributed by atoms with E-state index in [2.05, 4.69) is 6.07 Å². The highest BCUT2D eigenvalue weighted by molar-refractivity contribution is 6.13. The van der Waals surface area contributed by atoms with Gasteiger partial charge in [-0.05, 0) is 29.5 Å². The van der Waals surface area contributed by atoms with Crippen molar-refractivity contribution >= 4 is 17.7 Å². The molecule has 0 bridgehead atoms. The average molecular weight is 301 g/mol. The molecule has 0 saturated heterocycles. The van der Waals surface area contributed by atoms with Crippen LogP contribution in [0, 0.1) is 11.3 Å². The maximum atomic E-state index is 11.9. The Morgan fingerprint density at radius 1 is 1.38 bits per heavy atom. The van der Waals surface area contributed by atoms with Gasteiger partial charge in [0.05, 0.1) is 23.7 Å². The second-order valence-electron chi connectivity index (χ2n) is 4.96. The van der Waals surface area contributed by atoms with Gasteiger partial charge in [-0.25, -0.2) is 4.42 Å². The summed E-state index contributed by atoms with van der Waals surface area (Å²) in [6.07, 6.45) is 1.91. The van der Waals surface area contributed by atoms with E-state index in [4.69, 9.17) is 22.8 Å². The van der Waals surface area contributed by atoms with Crippen molar-refractivity contribution in [3.05, 3.63) is 47.3 Å². The topological polar surface area (TPSA) is 75.0 Å². The van der Waals surface area contributed by atoms with Crippen LogP contribution in [0.25, 0.3) is 11.1 Å². The van der Waals surface area contributed by atoms with E-state index in [9.17, 15) is 4.79 Å². The van der Waals surface area contributed by atoms with Crippen LogP contribution in [-0.2, 0) is 13.1 Å². The summed E-state index contributed by atoms with van der Waals surface area (Å²) in [5.41, 5.74) is 8.97. The number of nitrogens with zero attached hydrogens (tertiary/aromatic N) is 3. The Morgan fingerprint density at radius 2 is 2.19 bits per heavy atom. The number of halogens is 1. The predicted octanol–water partition coefficient (Wildman–Crippen LogP) is 2.10. The summed E-state index contributed by atoms with van der Waals surface area (Å²) < 4.78 is 3.64. The first kappa shape index (κ1) is 13.7. The first-order chi connectivity index (χ1) is 10.1. The summed E-state index contributed by atoms with van der Waals surface area (Å²) in [6.45, 7) is 1.88. The van der Waals surface area contributed by atoms with Crippen LogP contribution in [0.1, 0.15) is 21.6 Å². The second-order valence-corrected chi connectivity index (χ2v) is 5.44. The van der Waals surface area contributed by atoms with Crippen LogP contribution in [0.5, 0.6) is 0 Å². The summed E-state index contributed by atoms with van der Waals surface area (Å²) in [5.74, 6) is -0.479. The maximum absolute atomic E-state index is 11.9. The van der Waals surface area contributed by atoms with Crippen LogP contribution in [0.3, 0.4) is 0 Å². The number of nitrogens with two attached hydrogens (primary N) is 1.